The molecule has 8 aromatic rings. The number of anilines is 6. The van der Waals surface area contributed by atoms with Gasteiger partial charge < -0.3 is 26.3 Å². The summed E-state index contributed by atoms with van der Waals surface area (Å²) in [5, 5.41) is 2.95. The molecule has 0 amide bonds. The standard InChI is InChI=1S/C56H50BClN2O.2Cd/c1-33-27-35(41-16-14-17-43-42-15-12-13-18-50(42)61-53(41)43)28-34(2)52(33)60-47-32-39(58)22-25-44(47)57-45-29-37(55(6,7)8)21-26-46(45)59(40-23-19-36(20-24-40)54(3,4)5)48-30-38(56(9,10)11)31-49(60)51(48)57;;/h12-22,25,27-29,31-32H,1-11H3;;/q-4;2*+2. The first-order valence-corrected chi connectivity index (χ1v) is 21.8. The van der Waals surface area contributed by atoms with Gasteiger partial charge >= 0.3 is 54.6 Å². The molecule has 2 aliphatic heterocycles. The molecule has 304 valence electrons. The second kappa shape index (κ2) is 16.2. The van der Waals surface area contributed by atoms with Crippen molar-refractivity contribution in [3.8, 4) is 11.1 Å². The molecular formula is C56H50BCd2ClN2O. The van der Waals surface area contributed by atoms with Crippen LogP contribution in [-0.4, -0.2) is 6.71 Å². The summed E-state index contributed by atoms with van der Waals surface area (Å²) in [7, 11) is 0. The molecule has 1 aromatic heterocycles. The average molecular weight is 1040 g/mol. The van der Waals surface area contributed by atoms with Gasteiger partial charge in [-0.2, -0.15) is 40.9 Å². The quantitative estimate of drug-likeness (QED) is 0.130. The monoisotopic (exact) mass is 1040 g/mol. The maximum Gasteiger partial charge on any atom is 2.00 e. The Hall–Kier alpha value is -3.86. The van der Waals surface area contributed by atoms with Gasteiger partial charge in [-0.1, -0.05) is 144 Å². The van der Waals surface area contributed by atoms with Crippen molar-refractivity contribution in [1.82, 2.24) is 0 Å². The first kappa shape index (κ1) is 45.7. The van der Waals surface area contributed by atoms with Gasteiger partial charge in [-0.05, 0) is 66.3 Å². The van der Waals surface area contributed by atoms with Crippen molar-refractivity contribution in [3.05, 3.63) is 160 Å². The second-order valence-electron chi connectivity index (χ2n) is 20.2. The van der Waals surface area contributed by atoms with E-state index < -0.39 is 0 Å². The van der Waals surface area contributed by atoms with Gasteiger partial charge in [0.25, 0.3) is 0 Å². The summed E-state index contributed by atoms with van der Waals surface area (Å²) >= 11 is 7.04. The van der Waals surface area contributed by atoms with Crippen LogP contribution in [0.15, 0.2) is 108 Å². The van der Waals surface area contributed by atoms with Crippen LogP contribution in [-0.2, 0) is 70.8 Å². The van der Waals surface area contributed by atoms with Crippen molar-refractivity contribution < 1.29 is 59.0 Å². The first-order chi connectivity index (χ1) is 28.9. The van der Waals surface area contributed by atoms with Crippen LogP contribution in [0.3, 0.4) is 0 Å². The van der Waals surface area contributed by atoms with Crippen LogP contribution >= 0.6 is 11.6 Å². The predicted molar refractivity (Wildman–Crippen MR) is 259 cm³/mol. The minimum Gasteiger partial charge on any atom is -0.455 e. The third kappa shape index (κ3) is 7.61. The summed E-state index contributed by atoms with van der Waals surface area (Å²) in [5.74, 6) is 0. The third-order valence-electron chi connectivity index (χ3n) is 12.8. The molecule has 0 unspecified atom stereocenters. The largest absolute Gasteiger partial charge is 2.00 e. The van der Waals surface area contributed by atoms with E-state index >= 15 is 0 Å². The van der Waals surface area contributed by atoms with Gasteiger partial charge in [0, 0.05) is 32.7 Å². The molecule has 10 rings (SSSR count). The van der Waals surface area contributed by atoms with Gasteiger partial charge in [0.15, 0.2) is 0 Å². The average Bonchev–Trinajstić information content (AvgIpc) is 3.59. The van der Waals surface area contributed by atoms with Crippen molar-refractivity contribution in [3.63, 3.8) is 0 Å². The fraction of sp³-hybridized carbons (Fsp3) is 0.250. The van der Waals surface area contributed by atoms with Crippen molar-refractivity contribution in [1.29, 1.82) is 0 Å². The molecule has 3 heterocycles. The Labute approximate surface area is 419 Å². The fourth-order valence-electron chi connectivity index (χ4n) is 9.49. The molecule has 0 aliphatic carbocycles. The molecule has 0 radical (unpaired) electrons. The van der Waals surface area contributed by atoms with E-state index in [9.17, 15) is 0 Å². The minimum absolute atomic E-state index is 0. The van der Waals surface area contributed by atoms with Gasteiger partial charge in [-0.15, -0.1) is 16.9 Å². The number of halogens is 1. The summed E-state index contributed by atoms with van der Waals surface area (Å²) < 4.78 is 6.55. The minimum atomic E-state index is -0.213. The number of para-hydroxylation sites is 2. The Kier molecular flexibility index (Phi) is 11.8. The van der Waals surface area contributed by atoms with E-state index in [1.807, 2.05) is 18.2 Å². The van der Waals surface area contributed by atoms with Crippen LogP contribution in [0.1, 0.15) is 90.1 Å². The van der Waals surface area contributed by atoms with Crippen LogP contribution in [0.2, 0.25) is 5.02 Å². The zero-order valence-corrected chi connectivity index (χ0v) is 47.3. The smallest absolute Gasteiger partial charge is 0.455 e. The maximum atomic E-state index is 7.04. The van der Waals surface area contributed by atoms with Gasteiger partial charge in [0.2, 0.25) is 0 Å². The van der Waals surface area contributed by atoms with Crippen LogP contribution in [0.4, 0.5) is 34.1 Å². The van der Waals surface area contributed by atoms with E-state index in [1.165, 1.54) is 27.5 Å². The summed E-state index contributed by atoms with van der Waals surface area (Å²) in [6, 6.07) is 52.3. The summed E-state index contributed by atoms with van der Waals surface area (Å²) in [5.41, 5.74) is 19.3. The molecule has 63 heavy (non-hydrogen) atoms. The molecule has 0 fully saturated rings. The predicted octanol–water partition coefficient (Wildman–Crippen LogP) is 13.7. The Morgan fingerprint density at radius 1 is 0.603 bits per heavy atom. The number of fused-ring (bicyclic) bond motifs is 7. The van der Waals surface area contributed by atoms with Gasteiger partial charge in [0.1, 0.15) is 17.9 Å². The summed E-state index contributed by atoms with van der Waals surface area (Å²) in [4.78, 5) is 4.79. The van der Waals surface area contributed by atoms with Crippen molar-refractivity contribution in [2.24, 2.45) is 0 Å². The molecule has 0 N–H and O–H groups in total. The number of rotatable bonds is 3. The Balaban J connectivity index is 0.00000272. The molecule has 7 aromatic carbocycles. The van der Waals surface area contributed by atoms with Crippen molar-refractivity contribution in [2.45, 2.75) is 92.4 Å². The second-order valence-corrected chi connectivity index (χ2v) is 20.6. The number of hydrogen-bond donors (Lipinski definition) is 0. The summed E-state index contributed by atoms with van der Waals surface area (Å²) in [6.45, 7) is 24.7. The molecular weight excluding hydrogens is 988 g/mol. The number of hydrogen-bond acceptors (Lipinski definition) is 3. The number of aryl methyl sites for hydroxylation is 2. The Morgan fingerprint density at radius 2 is 1.25 bits per heavy atom. The molecule has 0 spiro atoms. The van der Waals surface area contributed by atoms with Crippen LogP contribution in [0.5, 0.6) is 0 Å². The maximum absolute atomic E-state index is 7.04. The topological polar surface area (TPSA) is 19.6 Å². The Bertz CT molecular complexity index is 3070. The van der Waals surface area contributed by atoms with Crippen LogP contribution in [0, 0.1) is 38.1 Å². The zero-order valence-electron chi connectivity index (χ0n) is 38.5. The van der Waals surface area contributed by atoms with E-state index in [2.05, 4.69) is 195 Å². The number of nitrogens with zero attached hydrogens (tertiary/aromatic N) is 2. The number of benzene rings is 7. The molecule has 7 heteroatoms. The van der Waals surface area contributed by atoms with Crippen molar-refractivity contribution >= 4 is 90.8 Å². The van der Waals surface area contributed by atoms with E-state index in [-0.39, 0.29) is 77.6 Å². The molecule has 0 saturated heterocycles. The molecule has 0 bridgehead atoms. The van der Waals surface area contributed by atoms with Crippen LogP contribution in [0.25, 0.3) is 33.1 Å². The van der Waals surface area contributed by atoms with Gasteiger partial charge in [-0.25, -0.2) is 5.69 Å². The molecule has 0 atom stereocenters. The third-order valence-corrected chi connectivity index (χ3v) is 13.0. The molecule has 0 saturated carbocycles. The van der Waals surface area contributed by atoms with E-state index in [1.54, 1.807) is 0 Å². The van der Waals surface area contributed by atoms with Gasteiger partial charge in [0.05, 0.1) is 0 Å². The molecule has 2 aliphatic rings. The molecule has 3 nitrogen and oxygen atoms in total. The number of furan rings is 1. The van der Waals surface area contributed by atoms with Crippen molar-refractivity contribution in [2.75, 3.05) is 9.80 Å². The fourth-order valence-corrected chi connectivity index (χ4v) is 9.65. The van der Waals surface area contributed by atoms with E-state index in [4.69, 9.17) is 16.0 Å². The Morgan fingerprint density at radius 3 is 1.92 bits per heavy atom. The van der Waals surface area contributed by atoms with Crippen LogP contribution < -0.4 is 26.2 Å². The normalized spacial score (nSPS) is 13.4. The van der Waals surface area contributed by atoms with E-state index in [0.717, 1.165) is 83.9 Å². The van der Waals surface area contributed by atoms with E-state index in [0.29, 0.717) is 5.02 Å². The SMILES string of the molecule is Cc1cc(-c2cccc3c2oc2ccccc23)cc(C)c1N1c2cc(Cl)ccc2B2c3cc(C(C)(C)C)c[c-]c3N(c3[c-]cc(C(C)(C)C)c[c-]3)c3[c-]c(C(C)(C)C)cc1c32.[Cd+2].[Cd+2]. The summed E-state index contributed by atoms with van der Waals surface area (Å²) in [6.07, 6.45) is 0. The first-order valence-electron chi connectivity index (χ1n) is 21.4. The van der Waals surface area contributed by atoms with Gasteiger partial charge in [-0.3, -0.25) is 17.7 Å². The zero-order chi connectivity index (χ0) is 42.9.